The number of alkyl halides is 3. The van der Waals surface area contributed by atoms with Gasteiger partial charge >= 0.3 is 12.1 Å². The van der Waals surface area contributed by atoms with Gasteiger partial charge in [0.25, 0.3) is 0 Å². The molecule has 0 aromatic heterocycles. The van der Waals surface area contributed by atoms with E-state index in [0.29, 0.717) is 5.75 Å². The van der Waals surface area contributed by atoms with E-state index in [4.69, 9.17) is 9.47 Å². The molecular weight excluding hydrogens is 273 g/mol. The molecule has 0 aliphatic heterocycles. The van der Waals surface area contributed by atoms with Crippen molar-refractivity contribution in [1.29, 1.82) is 0 Å². The minimum absolute atomic E-state index is 0.0730. The van der Waals surface area contributed by atoms with E-state index in [2.05, 4.69) is 0 Å². The molecule has 1 aromatic rings. The molecule has 20 heavy (non-hydrogen) atoms. The number of hydrogen-bond acceptors (Lipinski definition) is 3. The maximum atomic E-state index is 13.4. The van der Waals surface area contributed by atoms with Crippen molar-refractivity contribution in [3.63, 3.8) is 0 Å². The Morgan fingerprint density at radius 2 is 1.95 bits per heavy atom. The van der Waals surface area contributed by atoms with Gasteiger partial charge in [-0.05, 0) is 31.0 Å². The number of ether oxygens (including phenoxy) is 2. The van der Waals surface area contributed by atoms with Gasteiger partial charge in [-0.2, -0.15) is 13.2 Å². The first-order chi connectivity index (χ1) is 9.36. The molecule has 0 saturated heterocycles. The molecule has 0 N–H and O–H groups in total. The largest absolute Gasteiger partial charge is 0.497 e. The Hall–Kier alpha value is -1.72. The van der Waals surface area contributed by atoms with Crippen molar-refractivity contribution in [2.45, 2.75) is 24.9 Å². The summed E-state index contributed by atoms with van der Waals surface area (Å²) >= 11 is 0. The highest BCUT2D eigenvalue weighted by molar-refractivity contribution is 5.79. The van der Waals surface area contributed by atoms with Crippen molar-refractivity contribution >= 4 is 5.97 Å². The minimum atomic E-state index is -4.49. The van der Waals surface area contributed by atoms with E-state index >= 15 is 0 Å². The maximum absolute atomic E-state index is 13.4. The van der Waals surface area contributed by atoms with Crippen LogP contribution < -0.4 is 4.74 Å². The van der Waals surface area contributed by atoms with Gasteiger partial charge in [0.2, 0.25) is 0 Å². The molecule has 0 radical (unpaired) electrons. The number of methoxy groups -OCH3 is 1. The number of benzene rings is 1. The summed E-state index contributed by atoms with van der Waals surface area (Å²) in [5.41, 5.74) is -2.05. The monoisotopic (exact) mass is 288 g/mol. The molecule has 110 valence electrons. The zero-order valence-corrected chi connectivity index (χ0v) is 11.2. The van der Waals surface area contributed by atoms with Crippen LogP contribution in [0.4, 0.5) is 13.2 Å². The first-order valence-electron chi connectivity index (χ1n) is 6.24. The molecule has 1 aromatic carbocycles. The summed E-state index contributed by atoms with van der Waals surface area (Å²) < 4.78 is 49.8. The lowest BCUT2D eigenvalue weighted by molar-refractivity contribution is -0.172. The summed E-state index contributed by atoms with van der Waals surface area (Å²) in [6.45, 7) is 1.65. The SMILES string of the molecule is CCOC(=O)C1CC1(c1ccc(OC)cc1)C(F)(F)F. The average molecular weight is 288 g/mol. The topological polar surface area (TPSA) is 35.5 Å². The van der Waals surface area contributed by atoms with Crippen LogP contribution >= 0.6 is 0 Å². The average Bonchev–Trinajstić information content (AvgIpc) is 3.15. The van der Waals surface area contributed by atoms with Gasteiger partial charge in [-0.25, -0.2) is 0 Å². The second-order valence-corrected chi connectivity index (χ2v) is 4.71. The van der Waals surface area contributed by atoms with Crippen LogP contribution in [0, 0.1) is 5.92 Å². The summed E-state index contributed by atoms with van der Waals surface area (Å²) in [5, 5.41) is 0. The van der Waals surface area contributed by atoms with Crippen molar-refractivity contribution in [2.75, 3.05) is 13.7 Å². The van der Waals surface area contributed by atoms with E-state index < -0.39 is 23.5 Å². The highest BCUT2D eigenvalue weighted by Crippen LogP contribution is 2.63. The van der Waals surface area contributed by atoms with Crippen molar-refractivity contribution in [3.8, 4) is 5.75 Å². The Bertz CT molecular complexity index is 495. The van der Waals surface area contributed by atoms with E-state index in [1.807, 2.05) is 0 Å². The fourth-order valence-electron chi connectivity index (χ4n) is 2.47. The molecule has 2 atom stereocenters. The third-order valence-corrected chi connectivity index (χ3v) is 3.64. The van der Waals surface area contributed by atoms with Crippen LogP contribution in [0.5, 0.6) is 5.75 Å². The van der Waals surface area contributed by atoms with Crippen molar-refractivity contribution in [1.82, 2.24) is 0 Å². The summed E-state index contributed by atoms with van der Waals surface area (Å²) in [5.74, 6) is -1.48. The van der Waals surface area contributed by atoms with Crippen LogP contribution in [-0.4, -0.2) is 25.9 Å². The molecule has 3 nitrogen and oxygen atoms in total. The highest BCUT2D eigenvalue weighted by Gasteiger charge is 2.74. The van der Waals surface area contributed by atoms with Gasteiger partial charge in [-0.3, -0.25) is 4.79 Å². The summed E-state index contributed by atoms with van der Waals surface area (Å²) in [6.07, 6.45) is -4.75. The molecule has 0 spiro atoms. The quantitative estimate of drug-likeness (QED) is 0.799. The van der Waals surface area contributed by atoms with Crippen LogP contribution in [0.3, 0.4) is 0 Å². The van der Waals surface area contributed by atoms with E-state index in [0.717, 1.165) is 0 Å². The Morgan fingerprint density at radius 1 is 1.35 bits per heavy atom. The van der Waals surface area contributed by atoms with Crippen molar-refractivity contribution in [3.05, 3.63) is 29.8 Å². The Morgan fingerprint density at radius 3 is 2.40 bits per heavy atom. The zero-order chi connectivity index (χ0) is 15.0. The van der Waals surface area contributed by atoms with Gasteiger partial charge in [-0.15, -0.1) is 0 Å². The van der Waals surface area contributed by atoms with Crippen molar-refractivity contribution < 1.29 is 27.4 Å². The minimum Gasteiger partial charge on any atom is -0.497 e. The summed E-state index contributed by atoms with van der Waals surface area (Å²) in [4.78, 5) is 11.6. The van der Waals surface area contributed by atoms with E-state index in [1.54, 1.807) is 6.92 Å². The van der Waals surface area contributed by atoms with Gasteiger partial charge in [0.05, 0.1) is 19.6 Å². The van der Waals surface area contributed by atoms with Gasteiger partial charge in [0.15, 0.2) is 0 Å². The lowest BCUT2D eigenvalue weighted by Crippen LogP contribution is -2.33. The fraction of sp³-hybridized carbons (Fsp3) is 0.500. The van der Waals surface area contributed by atoms with Crippen molar-refractivity contribution in [2.24, 2.45) is 5.92 Å². The smallest absolute Gasteiger partial charge is 0.399 e. The van der Waals surface area contributed by atoms with Crippen LogP contribution in [0.2, 0.25) is 0 Å². The van der Waals surface area contributed by atoms with Crippen LogP contribution in [0.15, 0.2) is 24.3 Å². The summed E-state index contributed by atoms with van der Waals surface area (Å²) in [6, 6.07) is 5.63. The molecule has 0 bridgehead atoms. The third kappa shape index (κ3) is 2.23. The van der Waals surface area contributed by atoms with E-state index in [-0.39, 0.29) is 18.6 Å². The number of carbonyl (C=O) groups is 1. The predicted octanol–water partition coefficient (Wildman–Crippen LogP) is 3.08. The second-order valence-electron chi connectivity index (χ2n) is 4.71. The molecule has 6 heteroatoms. The lowest BCUT2D eigenvalue weighted by Gasteiger charge is -2.21. The zero-order valence-electron chi connectivity index (χ0n) is 11.2. The van der Waals surface area contributed by atoms with Crippen LogP contribution in [0.1, 0.15) is 18.9 Å². The van der Waals surface area contributed by atoms with Crippen LogP contribution in [-0.2, 0) is 14.9 Å². The molecule has 1 saturated carbocycles. The highest BCUT2D eigenvalue weighted by atomic mass is 19.4. The number of rotatable bonds is 4. The standard InChI is InChI=1S/C14H15F3O3/c1-3-20-12(18)11-8-13(11,14(15,16)17)9-4-6-10(19-2)7-5-9/h4-7,11H,3,8H2,1-2H3. The normalized spacial score (nSPS) is 25.1. The Balaban J connectivity index is 2.33. The Labute approximate surface area is 114 Å². The molecule has 2 unspecified atom stereocenters. The lowest BCUT2D eigenvalue weighted by atomic mass is 9.92. The first-order valence-corrected chi connectivity index (χ1v) is 6.24. The van der Waals surface area contributed by atoms with Gasteiger partial charge in [-0.1, -0.05) is 12.1 Å². The van der Waals surface area contributed by atoms with Crippen LogP contribution in [0.25, 0.3) is 0 Å². The molecule has 1 aliphatic carbocycles. The van der Waals surface area contributed by atoms with E-state index in [1.165, 1.54) is 31.4 Å². The molecule has 2 rings (SSSR count). The van der Waals surface area contributed by atoms with Gasteiger partial charge in [0, 0.05) is 0 Å². The first kappa shape index (κ1) is 14.7. The summed E-state index contributed by atoms with van der Waals surface area (Å²) in [7, 11) is 1.44. The van der Waals surface area contributed by atoms with E-state index in [9.17, 15) is 18.0 Å². The molecule has 0 amide bonds. The van der Waals surface area contributed by atoms with Gasteiger partial charge < -0.3 is 9.47 Å². The number of hydrogen-bond donors (Lipinski definition) is 0. The third-order valence-electron chi connectivity index (χ3n) is 3.64. The molecular formula is C14H15F3O3. The molecule has 0 heterocycles. The Kier molecular flexibility index (Phi) is 3.67. The number of carbonyl (C=O) groups excluding carboxylic acids is 1. The van der Waals surface area contributed by atoms with Gasteiger partial charge in [0.1, 0.15) is 11.2 Å². The predicted molar refractivity (Wildman–Crippen MR) is 65.5 cm³/mol. The maximum Gasteiger partial charge on any atom is 0.399 e. The number of halogens is 3. The molecule has 1 fully saturated rings. The second kappa shape index (κ2) is 5.00. The fourth-order valence-corrected chi connectivity index (χ4v) is 2.47. The molecule has 1 aliphatic rings. The number of esters is 1.